The van der Waals surface area contributed by atoms with E-state index >= 15 is 0 Å². The lowest BCUT2D eigenvalue weighted by molar-refractivity contribution is 0.0996. The second-order valence-corrected chi connectivity index (χ2v) is 3.17. The Kier molecular flexibility index (Phi) is 2.72. The van der Waals surface area contributed by atoms with Crippen molar-refractivity contribution in [3.8, 4) is 0 Å². The minimum Gasteiger partial charge on any atom is -0.364 e. The number of carbonyl (C=O) groups is 1. The highest BCUT2D eigenvalue weighted by molar-refractivity contribution is 6.33. The molecule has 70 valence electrons. The number of amides is 1. The molecule has 0 aliphatic heterocycles. The maximum atomic E-state index is 10.9. The summed E-state index contributed by atoms with van der Waals surface area (Å²) in [5.74, 6) is 0.0342. The average molecular weight is 200 g/mol. The van der Waals surface area contributed by atoms with Gasteiger partial charge in [0.25, 0.3) is 5.91 Å². The second-order valence-electron chi connectivity index (χ2n) is 2.76. The van der Waals surface area contributed by atoms with Crippen LogP contribution in [0.3, 0.4) is 0 Å². The number of aromatic nitrogens is 1. The molecule has 0 aromatic carbocycles. The number of anilines is 1. The second kappa shape index (κ2) is 3.62. The van der Waals surface area contributed by atoms with Gasteiger partial charge in [0.15, 0.2) is 0 Å². The van der Waals surface area contributed by atoms with Crippen molar-refractivity contribution in [3.63, 3.8) is 0 Å². The molecule has 0 aliphatic rings. The summed E-state index contributed by atoms with van der Waals surface area (Å²) >= 11 is 5.71. The van der Waals surface area contributed by atoms with Crippen molar-refractivity contribution in [1.82, 2.24) is 4.98 Å². The number of carbonyl (C=O) groups excluding carboxylic acids is 1. The quantitative estimate of drug-likeness (QED) is 0.770. The molecule has 1 heterocycles. The summed E-state index contributed by atoms with van der Waals surface area (Å²) in [5, 5.41) is 0.276. The Morgan fingerprint density at radius 2 is 2.15 bits per heavy atom. The highest BCUT2D eigenvalue weighted by Gasteiger charge is 2.09. The van der Waals surface area contributed by atoms with Crippen molar-refractivity contribution in [2.75, 3.05) is 19.0 Å². The molecular weight excluding hydrogens is 190 g/mol. The molecular formula is C8H10ClN3O. The first-order valence-electron chi connectivity index (χ1n) is 3.66. The molecule has 5 heteroatoms. The smallest absolute Gasteiger partial charge is 0.268 e. The average Bonchev–Trinajstić information content (AvgIpc) is 2.04. The number of hydrogen-bond donors (Lipinski definition) is 1. The van der Waals surface area contributed by atoms with Gasteiger partial charge >= 0.3 is 0 Å². The molecule has 0 aliphatic carbocycles. The summed E-state index contributed by atoms with van der Waals surface area (Å²) in [7, 11) is 3.64. The van der Waals surface area contributed by atoms with Crippen LogP contribution in [-0.2, 0) is 0 Å². The van der Waals surface area contributed by atoms with Gasteiger partial charge in [-0.15, -0.1) is 0 Å². The van der Waals surface area contributed by atoms with Gasteiger partial charge < -0.3 is 10.6 Å². The fourth-order valence-corrected chi connectivity index (χ4v) is 1.05. The van der Waals surface area contributed by atoms with E-state index in [-0.39, 0.29) is 10.7 Å². The van der Waals surface area contributed by atoms with Crippen molar-refractivity contribution in [1.29, 1.82) is 0 Å². The van der Waals surface area contributed by atoms with Crippen LogP contribution in [0.4, 0.5) is 5.82 Å². The SMILES string of the molecule is CN(C)c1ccc(Cl)c(C(N)=O)n1. The van der Waals surface area contributed by atoms with Crippen LogP contribution in [0.15, 0.2) is 12.1 Å². The molecule has 0 fully saturated rings. The number of hydrogen-bond acceptors (Lipinski definition) is 3. The highest BCUT2D eigenvalue weighted by atomic mass is 35.5. The number of primary amides is 1. The molecule has 0 saturated heterocycles. The zero-order valence-electron chi connectivity index (χ0n) is 7.41. The Hall–Kier alpha value is -1.29. The standard InChI is InChI=1S/C8H10ClN3O/c1-12(2)6-4-3-5(9)7(11-6)8(10)13/h3-4H,1-2H3,(H2,10,13). The Bertz CT molecular complexity index is 338. The fraction of sp³-hybridized carbons (Fsp3) is 0.250. The lowest BCUT2D eigenvalue weighted by Gasteiger charge is -2.11. The Balaban J connectivity index is 3.19. The van der Waals surface area contributed by atoms with Crippen LogP contribution < -0.4 is 10.6 Å². The zero-order valence-corrected chi connectivity index (χ0v) is 8.17. The molecule has 1 aromatic heterocycles. The van der Waals surface area contributed by atoms with E-state index in [0.717, 1.165) is 0 Å². The van der Waals surface area contributed by atoms with Gasteiger partial charge in [0.1, 0.15) is 11.5 Å². The number of rotatable bonds is 2. The van der Waals surface area contributed by atoms with Crippen LogP contribution in [0.2, 0.25) is 5.02 Å². The topological polar surface area (TPSA) is 59.2 Å². The van der Waals surface area contributed by atoms with Gasteiger partial charge in [-0.05, 0) is 12.1 Å². The first-order valence-corrected chi connectivity index (χ1v) is 4.04. The lowest BCUT2D eigenvalue weighted by atomic mass is 10.3. The molecule has 0 atom stereocenters. The lowest BCUT2D eigenvalue weighted by Crippen LogP contribution is -2.17. The van der Waals surface area contributed by atoms with Gasteiger partial charge in [-0.1, -0.05) is 11.6 Å². The summed E-state index contributed by atoms with van der Waals surface area (Å²) < 4.78 is 0. The first-order chi connectivity index (χ1) is 6.02. The van der Waals surface area contributed by atoms with E-state index in [1.54, 1.807) is 17.0 Å². The van der Waals surface area contributed by atoms with Gasteiger partial charge in [0.05, 0.1) is 5.02 Å². The van der Waals surface area contributed by atoms with E-state index in [9.17, 15) is 4.79 Å². The molecule has 0 unspecified atom stereocenters. The molecule has 0 saturated carbocycles. The van der Waals surface area contributed by atoms with Crippen molar-refractivity contribution in [2.45, 2.75) is 0 Å². The molecule has 1 aromatic rings. The largest absolute Gasteiger partial charge is 0.364 e. The summed E-state index contributed by atoms with van der Waals surface area (Å²) in [6.45, 7) is 0. The van der Waals surface area contributed by atoms with Crippen LogP contribution in [0.1, 0.15) is 10.5 Å². The molecule has 4 nitrogen and oxygen atoms in total. The maximum absolute atomic E-state index is 10.9. The number of nitrogens with two attached hydrogens (primary N) is 1. The number of nitrogens with zero attached hydrogens (tertiary/aromatic N) is 2. The zero-order chi connectivity index (χ0) is 10.0. The van der Waals surface area contributed by atoms with Crippen LogP contribution in [0, 0.1) is 0 Å². The van der Waals surface area contributed by atoms with E-state index in [0.29, 0.717) is 5.82 Å². The van der Waals surface area contributed by atoms with Crippen molar-refractivity contribution in [2.24, 2.45) is 5.73 Å². The van der Waals surface area contributed by atoms with Gasteiger partial charge in [-0.2, -0.15) is 0 Å². The van der Waals surface area contributed by atoms with E-state index in [1.165, 1.54) is 0 Å². The minimum atomic E-state index is -0.617. The Morgan fingerprint density at radius 3 is 2.62 bits per heavy atom. The van der Waals surface area contributed by atoms with Crippen molar-refractivity contribution >= 4 is 23.3 Å². The summed E-state index contributed by atoms with van der Waals surface area (Å²) in [4.78, 5) is 16.6. The van der Waals surface area contributed by atoms with Gasteiger partial charge in [0, 0.05) is 14.1 Å². The van der Waals surface area contributed by atoms with Crippen molar-refractivity contribution in [3.05, 3.63) is 22.8 Å². The first kappa shape index (κ1) is 9.80. The van der Waals surface area contributed by atoms with Gasteiger partial charge in [-0.25, -0.2) is 4.98 Å². The maximum Gasteiger partial charge on any atom is 0.268 e. The monoisotopic (exact) mass is 199 g/mol. The molecule has 0 spiro atoms. The molecule has 0 bridgehead atoms. The minimum absolute atomic E-state index is 0.105. The van der Waals surface area contributed by atoms with E-state index in [1.807, 2.05) is 14.1 Å². The summed E-state index contributed by atoms with van der Waals surface area (Å²) in [6.07, 6.45) is 0. The van der Waals surface area contributed by atoms with E-state index in [4.69, 9.17) is 17.3 Å². The van der Waals surface area contributed by atoms with Crippen molar-refractivity contribution < 1.29 is 4.79 Å². The summed E-state index contributed by atoms with van der Waals surface area (Å²) in [6, 6.07) is 3.32. The van der Waals surface area contributed by atoms with Gasteiger partial charge in [-0.3, -0.25) is 4.79 Å². The molecule has 1 rings (SSSR count). The van der Waals surface area contributed by atoms with E-state index < -0.39 is 5.91 Å². The predicted octanol–water partition coefficient (Wildman–Crippen LogP) is 0.900. The molecule has 2 N–H and O–H groups in total. The molecule has 13 heavy (non-hydrogen) atoms. The van der Waals surface area contributed by atoms with Gasteiger partial charge in [0.2, 0.25) is 0 Å². The fourth-order valence-electron chi connectivity index (χ4n) is 0.854. The normalized spacial score (nSPS) is 9.77. The third-order valence-electron chi connectivity index (χ3n) is 1.52. The van der Waals surface area contributed by atoms with Crippen LogP contribution in [-0.4, -0.2) is 25.0 Å². The highest BCUT2D eigenvalue weighted by Crippen LogP contribution is 2.17. The molecule has 0 radical (unpaired) electrons. The van der Waals surface area contributed by atoms with Crippen LogP contribution >= 0.6 is 11.6 Å². The predicted molar refractivity (Wildman–Crippen MR) is 52.1 cm³/mol. The van der Waals surface area contributed by atoms with Crippen LogP contribution in [0.5, 0.6) is 0 Å². The number of pyridine rings is 1. The Labute approximate surface area is 81.3 Å². The Morgan fingerprint density at radius 1 is 1.54 bits per heavy atom. The molecule has 1 amide bonds. The van der Waals surface area contributed by atoms with Crippen LogP contribution in [0.25, 0.3) is 0 Å². The summed E-state index contributed by atoms with van der Waals surface area (Å²) in [5.41, 5.74) is 5.18. The third kappa shape index (κ3) is 2.09. The number of halogens is 1. The third-order valence-corrected chi connectivity index (χ3v) is 1.83. The van der Waals surface area contributed by atoms with E-state index in [2.05, 4.69) is 4.98 Å².